The lowest BCUT2D eigenvalue weighted by atomic mass is 10.4. The van der Waals surface area contributed by atoms with Gasteiger partial charge >= 0.3 is 18.3 Å². The molecule has 0 heterocycles. The lowest BCUT2D eigenvalue weighted by Crippen LogP contribution is -2.45. The molecular weight excluding hydrogens is 871 g/mol. The number of hydrazone groups is 1. The molecule has 3 amide bonds. The highest BCUT2D eigenvalue weighted by atomic mass is 31.2. The van der Waals surface area contributed by atoms with E-state index in [1.807, 2.05) is 91.0 Å². The Hall–Kier alpha value is -6.74. The van der Waals surface area contributed by atoms with Gasteiger partial charge in [0.1, 0.15) is 15.9 Å². The van der Waals surface area contributed by atoms with E-state index in [9.17, 15) is 19.5 Å². The van der Waals surface area contributed by atoms with Gasteiger partial charge in [0.25, 0.3) is 0 Å². The third-order valence-corrected chi connectivity index (χ3v) is 15.0. The number of azo groups is 1. The number of nitrogens with zero attached hydrogens (tertiary/aromatic N) is 4. The molecule has 0 spiro atoms. The van der Waals surface area contributed by atoms with Gasteiger partial charge in [0.2, 0.25) is 7.41 Å². The van der Waals surface area contributed by atoms with Gasteiger partial charge in [0.05, 0.1) is 18.3 Å². The van der Waals surface area contributed by atoms with Crippen LogP contribution in [0, 0.1) is 0 Å². The van der Waals surface area contributed by atoms with Gasteiger partial charge in [-0.2, -0.15) is 0 Å². The van der Waals surface area contributed by atoms with E-state index in [2.05, 4.69) is 116 Å². The zero-order valence-electron chi connectivity index (χ0n) is 38.6. The average molecular weight is 929 g/mol. The molecule has 0 aliphatic carbocycles. The minimum absolute atomic E-state index is 0.289. The molecule has 344 valence electrons. The van der Waals surface area contributed by atoms with Crippen molar-refractivity contribution in [2.75, 3.05) is 0 Å². The van der Waals surface area contributed by atoms with Crippen molar-refractivity contribution < 1.29 is 38.4 Å². The number of carbonyl (C=O) groups is 3. The summed E-state index contributed by atoms with van der Waals surface area (Å²) in [5.41, 5.74) is 0. The number of hydrogen-bond acceptors (Lipinski definition) is 9. The Morgan fingerprint density at radius 1 is 0.439 bits per heavy atom. The molecule has 0 radical (unpaired) electrons. The summed E-state index contributed by atoms with van der Waals surface area (Å²) in [6, 6.07) is 61.2. The third kappa shape index (κ3) is 16.1. The van der Waals surface area contributed by atoms with E-state index in [0.29, 0.717) is 0 Å². The summed E-state index contributed by atoms with van der Waals surface area (Å²) in [7, 11) is -3.43. The van der Waals surface area contributed by atoms with Crippen LogP contribution in [0.15, 0.2) is 197 Å². The van der Waals surface area contributed by atoms with Gasteiger partial charge in [-0.05, 0) is 107 Å². The van der Waals surface area contributed by atoms with Gasteiger partial charge in [-0.15, -0.1) is 5.10 Å². The highest BCUT2D eigenvalue weighted by Gasteiger charge is 2.56. The molecule has 0 aliphatic heterocycles. The highest BCUT2D eigenvalue weighted by Crippen LogP contribution is 2.59. The Morgan fingerprint density at radius 3 is 0.985 bits per heavy atom. The predicted octanol–water partition coefficient (Wildman–Crippen LogP) is 9.77. The lowest BCUT2D eigenvalue weighted by molar-refractivity contribution is -0.255. The summed E-state index contributed by atoms with van der Waals surface area (Å²) in [4.78, 5) is 35.1. The molecular formula is C52H58N4O8P2. The van der Waals surface area contributed by atoms with Crippen molar-refractivity contribution in [3.8, 4) is 0 Å². The lowest BCUT2D eigenvalue weighted by Gasteiger charge is -2.33. The maximum atomic E-state index is 13.6. The van der Waals surface area contributed by atoms with Crippen molar-refractivity contribution in [2.24, 2.45) is 15.3 Å². The predicted molar refractivity (Wildman–Crippen MR) is 265 cm³/mol. The van der Waals surface area contributed by atoms with Crippen molar-refractivity contribution in [2.45, 2.75) is 79.8 Å². The number of carbonyl (C=O) groups excluding carboxylic acids is 3. The first-order valence-electron chi connectivity index (χ1n) is 21.5. The quantitative estimate of drug-likeness (QED) is 0.0294. The molecule has 6 rings (SSSR count). The van der Waals surface area contributed by atoms with Crippen LogP contribution in [0.4, 0.5) is 14.4 Å². The number of hydrogen-bond donors (Lipinski definition) is 0. The molecule has 0 N–H and O–H groups in total. The van der Waals surface area contributed by atoms with Gasteiger partial charge in [-0.3, -0.25) is 0 Å². The molecule has 6 aromatic rings. The van der Waals surface area contributed by atoms with Gasteiger partial charge in [-0.1, -0.05) is 170 Å². The Labute approximate surface area is 390 Å². The molecule has 0 aliphatic rings. The maximum Gasteiger partial charge on any atom is 0.464 e. The summed E-state index contributed by atoms with van der Waals surface area (Å²) < 4.78 is 21.3. The first-order chi connectivity index (χ1) is 31.7. The first-order valence-corrected chi connectivity index (χ1v) is 24.6. The molecule has 0 aromatic heterocycles. The van der Waals surface area contributed by atoms with E-state index in [4.69, 9.17) is 9.47 Å². The van der Waals surface area contributed by atoms with Crippen molar-refractivity contribution in [1.82, 2.24) is 4.78 Å². The molecule has 0 atom stereocenters. The smallest absolute Gasteiger partial charge is 0.464 e. The molecule has 0 fully saturated rings. The second kappa shape index (κ2) is 26.9. The van der Waals surface area contributed by atoms with Crippen molar-refractivity contribution in [1.29, 1.82) is 0 Å². The van der Waals surface area contributed by atoms with Gasteiger partial charge in [-0.25, -0.2) is 14.4 Å². The topological polar surface area (TPSA) is 152 Å². The number of benzene rings is 6. The van der Waals surface area contributed by atoms with E-state index in [1.165, 1.54) is 20.7 Å². The molecule has 0 bridgehead atoms. The highest BCUT2D eigenvalue weighted by molar-refractivity contribution is 7.94. The average Bonchev–Trinajstić information content (AvgIpc) is 3.30. The van der Waals surface area contributed by atoms with Gasteiger partial charge in [0.15, 0.2) is 6.08 Å². The number of amides is 3. The monoisotopic (exact) mass is 928 g/mol. The second-order valence-electron chi connectivity index (χ2n) is 15.3. The van der Waals surface area contributed by atoms with Crippen molar-refractivity contribution in [3.63, 3.8) is 0 Å². The zero-order valence-corrected chi connectivity index (χ0v) is 40.4. The van der Waals surface area contributed by atoms with Crippen LogP contribution in [-0.4, -0.2) is 53.6 Å². The second-order valence-corrected chi connectivity index (χ2v) is 20.7. The van der Waals surface area contributed by atoms with Crippen molar-refractivity contribution in [3.05, 3.63) is 182 Å². The summed E-state index contributed by atoms with van der Waals surface area (Å²) in [6.07, 6.45) is -4.73. The van der Waals surface area contributed by atoms with Gasteiger partial charge < -0.3 is 24.1 Å². The Bertz CT molecular complexity index is 2200. The zero-order chi connectivity index (χ0) is 47.9. The summed E-state index contributed by atoms with van der Waals surface area (Å²) in [5, 5.41) is 29.8. The van der Waals surface area contributed by atoms with E-state index < -0.39 is 45.8 Å². The molecule has 66 heavy (non-hydrogen) atoms. The fourth-order valence-electron chi connectivity index (χ4n) is 6.20. The Balaban J connectivity index is 0.000000243. The molecule has 0 saturated heterocycles. The summed E-state index contributed by atoms with van der Waals surface area (Å²) in [6.45, 7) is 13.7. The molecule has 0 unspecified atom stereocenters. The fraction of sp³-hybridized carbons (Fsp3) is 0.231. The van der Waals surface area contributed by atoms with E-state index >= 15 is 0 Å². The van der Waals surface area contributed by atoms with Crippen LogP contribution in [0.2, 0.25) is 0 Å². The minimum atomic E-state index is -2.98. The van der Waals surface area contributed by atoms with Crippen LogP contribution in [0.1, 0.15) is 55.4 Å². The Morgan fingerprint density at radius 2 is 0.712 bits per heavy atom. The van der Waals surface area contributed by atoms with E-state index in [1.54, 1.807) is 55.4 Å². The first kappa shape index (κ1) is 51.9. The summed E-state index contributed by atoms with van der Waals surface area (Å²) in [5.74, 6) is 0. The van der Waals surface area contributed by atoms with Crippen LogP contribution < -0.4 is 36.9 Å². The van der Waals surface area contributed by atoms with E-state index in [0.717, 1.165) is 15.9 Å². The van der Waals surface area contributed by atoms with E-state index in [-0.39, 0.29) is 18.3 Å². The SMILES string of the molecule is CC(C)OC(=O)N(N=C([O-])OC(C)C)[P+](c1ccccc1)(c1ccccc1)c1ccccc1.CC(C)OC(=O)N=NC(=O)OC(C)C.c1ccc(P(c2ccccc2)c2ccccc2)cc1. The number of ether oxygens (including phenoxy) is 4. The Kier molecular flexibility index (Phi) is 21.2. The van der Waals surface area contributed by atoms with Crippen LogP contribution in [0.3, 0.4) is 0 Å². The number of rotatable bonds is 12. The van der Waals surface area contributed by atoms with Gasteiger partial charge in [0, 0.05) is 6.10 Å². The minimum Gasteiger partial charge on any atom is -0.596 e. The molecule has 14 heteroatoms. The molecule has 6 aromatic carbocycles. The van der Waals surface area contributed by atoms with Crippen LogP contribution >= 0.6 is 15.3 Å². The van der Waals surface area contributed by atoms with Crippen LogP contribution in [0.5, 0.6) is 0 Å². The third-order valence-electron chi connectivity index (χ3n) is 8.62. The maximum absolute atomic E-state index is 13.6. The fourth-order valence-corrected chi connectivity index (χ4v) is 12.4. The van der Waals surface area contributed by atoms with Crippen molar-refractivity contribution >= 4 is 71.5 Å². The molecule has 12 nitrogen and oxygen atoms in total. The normalized spacial score (nSPS) is 11.4. The summed E-state index contributed by atoms with van der Waals surface area (Å²) >= 11 is 0. The largest absolute Gasteiger partial charge is 0.596 e. The molecule has 0 saturated carbocycles. The van der Waals surface area contributed by atoms with Crippen LogP contribution in [-0.2, 0) is 18.9 Å². The standard InChI is InChI=1S/C26H29N2O4P.C18H15P.C8H14N2O4/c1-20(2)31-25(29)27-28(26(30)32-21(3)4)33(22-14-8-5-9-15-22,23-16-10-6-11-17-23)24-18-12-7-13-19-24;1-4-10-16(11-5-1)19(17-12-6-2-7-13-17)18-14-8-3-9-15-18;1-5(2)13-7(11)9-10-8(12)14-6(3)4/h5-21H,1-4H3;1-15H;5-6H,1-4H3. The van der Waals surface area contributed by atoms with Crippen LogP contribution in [0.25, 0.3) is 0 Å².